The molecule has 1 aliphatic rings. The molecule has 22 heavy (non-hydrogen) atoms. The maximum absolute atomic E-state index is 12.1. The number of rotatable bonds is 1. The zero-order chi connectivity index (χ0) is 15.1. The first-order valence-corrected chi connectivity index (χ1v) is 8.44. The topological polar surface area (TPSA) is 52.8 Å². The van der Waals surface area contributed by atoms with E-state index in [1.165, 1.54) is 22.7 Å². The first kappa shape index (κ1) is 13.5. The number of hydrogen-bond donors (Lipinski definition) is 0. The summed E-state index contributed by atoms with van der Waals surface area (Å²) in [6, 6.07) is 7.52. The third-order valence-corrected chi connectivity index (χ3v) is 5.35. The van der Waals surface area contributed by atoms with Crippen LogP contribution in [0.15, 0.2) is 34.6 Å². The highest BCUT2D eigenvalue weighted by molar-refractivity contribution is 7.16. The number of carbonyl (C=O) groups excluding carboxylic acids is 1. The Morgan fingerprint density at radius 2 is 2.05 bits per heavy atom. The predicted octanol–water partition coefficient (Wildman–Crippen LogP) is 2.81. The van der Waals surface area contributed by atoms with Crippen LogP contribution in [0.4, 0.5) is 0 Å². The van der Waals surface area contributed by atoms with Crippen molar-refractivity contribution >= 4 is 38.8 Å². The van der Waals surface area contributed by atoms with E-state index in [-0.39, 0.29) is 5.91 Å². The number of nitrogens with zero attached hydrogens (tertiary/aromatic N) is 2. The van der Waals surface area contributed by atoms with Crippen LogP contribution in [0.25, 0.3) is 10.2 Å². The van der Waals surface area contributed by atoms with Gasteiger partial charge in [0.2, 0.25) is 0 Å². The van der Waals surface area contributed by atoms with E-state index >= 15 is 0 Å². The molecule has 0 radical (unpaired) electrons. The van der Waals surface area contributed by atoms with E-state index in [9.17, 15) is 4.79 Å². The fraction of sp³-hybridized carbons (Fsp3) is 0.200. The number of hydrogen-bond acceptors (Lipinski definition) is 5. The summed E-state index contributed by atoms with van der Waals surface area (Å²) in [5.74, 6) is 1.27. The van der Waals surface area contributed by atoms with E-state index in [1.807, 2.05) is 35.2 Å². The minimum Gasteiger partial charge on any atom is -0.486 e. The van der Waals surface area contributed by atoms with Crippen molar-refractivity contribution < 1.29 is 14.3 Å². The Balaban J connectivity index is 1.85. The maximum Gasteiger partial charge on any atom is 0.289 e. The summed E-state index contributed by atoms with van der Waals surface area (Å²) in [5.41, 5.74) is 0.979. The summed E-state index contributed by atoms with van der Waals surface area (Å²) in [7, 11) is 1.90. The van der Waals surface area contributed by atoms with Crippen LogP contribution in [-0.2, 0) is 7.05 Å². The van der Waals surface area contributed by atoms with E-state index in [4.69, 9.17) is 9.47 Å². The van der Waals surface area contributed by atoms with Gasteiger partial charge >= 0.3 is 0 Å². The number of fused-ring (bicyclic) bond motifs is 2. The van der Waals surface area contributed by atoms with Crippen LogP contribution in [0.1, 0.15) is 9.67 Å². The molecule has 1 amide bonds. The van der Waals surface area contributed by atoms with Gasteiger partial charge in [-0.25, -0.2) is 0 Å². The molecule has 0 saturated heterocycles. The Kier molecular flexibility index (Phi) is 3.24. The zero-order valence-electron chi connectivity index (χ0n) is 11.7. The van der Waals surface area contributed by atoms with Crippen LogP contribution in [0.5, 0.6) is 11.5 Å². The van der Waals surface area contributed by atoms with Crippen molar-refractivity contribution in [1.82, 2.24) is 4.57 Å². The molecule has 1 aliphatic heterocycles. The number of ether oxygens (including phenoxy) is 2. The highest BCUT2D eigenvalue weighted by Crippen LogP contribution is 2.35. The van der Waals surface area contributed by atoms with Crippen LogP contribution >= 0.6 is 22.7 Å². The molecule has 4 rings (SSSR count). The fourth-order valence-electron chi connectivity index (χ4n) is 2.31. The predicted molar refractivity (Wildman–Crippen MR) is 86.0 cm³/mol. The smallest absolute Gasteiger partial charge is 0.289 e. The van der Waals surface area contributed by atoms with Gasteiger partial charge in [0.15, 0.2) is 16.3 Å². The lowest BCUT2D eigenvalue weighted by molar-refractivity contribution is 0.100. The van der Waals surface area contributed by atoms with E-state index in [2.05, 4.69) is 4.99 Å². The molecule has 0 saturated carbocycles. The number of thiophene rings is 1. The molecule has 3 aromatic rings. The molecule has 0 aliphatic carbocycles. The largest absolute Gasteiger partial charge is 0.486 e. The molecule has 0 N–H and O–H groups in total. The SMILES string of the molecule is Cn1c(=NC(=O)c2cccs2)sc2cc3c(cc21)OCCO3. The average Bonchev–Trinajstić information content (AvgIpc) is 3.15. The van der Waals surface area contributed by atoms with Gasteiger partial charge in [0, 0.05) is 19.2 Å². The van der Waals surface area contributed by atoms with Crippen molar-refractivity contribution in [2.24, 2.45) is 12.0 Å². The van der Waals surface area contributed by atoms with Gasteiger partial charge in [-0.1, -0.05) is 17.4 Å². The van der Waals surface area contributed by atoms with Gasteiger partial charge in [0.05, 0.1) is 15.1 Å². The number of aromatic nitrogens is 1. The van der Waals surface area contributed by atoms with Gasteiger partial charge in [-0.3, -0.25) is 4.79 Å². The molecule has 0 unspecified atom stereocenters. The second kappa shape index (κ2) is 5.26. The monoisotopic (exact) mass is 332 g/mol. The normalized spacial score (nSPS) is 14.5. The van der Waals surface area contributed by atoms with Gasteiger partial charge in [-0.2, -0.15) is 4.99 Å². The molecule has 0 spiro atoms. The summed E-state index contributed by atoms with van der Waals surface area (Å²) in [4.78, 5) is 17.7. The molecular formula is C15H12N2O3S2. The van der Waals surface area contributed by atoms with E-state index in [0.717, 1.165) is 21.7 Å². The van der Waals surface area contributed by atoms with Crippen molar-refractivity contribution in [3.63, 3.8) is 0 Å². The van der Waals surface area contributed by atoms with Crippen LogP contribution in [0.3, 0.4) is 0 Å². The molecule has 1 aromatic carbocycles. The third-order valence-electron chi connectivity index (χ3n) is 3.40. The van der Waals surface area contributed by atoms with Crippen LogP contribution in [0, 0.1) is 0 Å². The van der Waals surface area contributed by atoms with Crippen molar-refractivity contribution in [3.05, 3.63) is 39.3 Å². The van der Waals surface area contributed by atoms with Crippen molar-refractivity contribution in [2.75, 3.05) is 13.2 Å². The van der Waals surface area contributed by atoms with Crippen LogP contribution in [0.2, 0.25) is 0 Å². The molecule has 0 bridgehead atoms. The van der Waals surface area contributed by atoms with Gasteiger partial charge in [-0.15, -0.1) is 11.3 Å². The molecule has 3 heterocycles. The Morgan fingerprint density at radius 3 is 2.77 bits per heavy atom. The first-order valence-electron chi connectivity index (χ1n) is 6.74. The number of benzene rings is 1. The molecule has 0 fully saturated rings. The molecular weight excluding hydrogens is 320 g/mol. The Hall–Kier alpha value is -2.12. The van der Waals surface area contributed by atoms with Gasteiger partial charge in [0.25, 0.3) is 5.91 Å². The summed E-state index contributed by atoms with van der Waals surface area (Å²) >= 11 is 2.86. The number of amides is 1. The van der Waals surface area contributed by atoms with Crippen molar-refractivity contribution in [2.45, 2.75) is 0 Å². The molecule has 0 atom stereocenters. The molecule has 112 valence electrons. The minimum absolute atomic E-state index is 0.214. The van der Waals surface area contributed by atoms with Crippen molar-refractivity contribution in [3.8, 4) is 11.5 Å². The highest BCUT2D eigenvalue weighted by Gasteiger charge is 2.15. The van der Waals surface area contributed by atoms with E-state index < -0.39 is 0 Å². The molecule has 5 nitrogen and oxygen atoms in total. The van der Waals surface area contributed by atoms with E-state index in [1.54, 1.807) is 6.07 Å². The first-order chi connectivity index (χ1) is 10.7. The summed E-state index contributed by atoms with van der Waals surface area (Å²) in [5, 5.41) is 1.87. The van der Waals surface area contributed by atoms with Crippen LogP contribution < -0.4 is 14.3 Å². The van der Waals surface area contributed by atoms with Gasteiger partial charge in [-0.05, 0) is 11.4 Å². The standard InChI is InChI=1S/C15H12N2O3S2/c1-17-9-7-10-11(20-5-4-19-10)8-13(9)22-15(17)16-14(18)12-3-2-6-21-12/h2-3,6-8H,4-5H2,1H3. The lowest BCUT2D eigenvalue weighted by Gasteiger charge is -2.18. The minimum atomic E-state index is -0.214. The number of thiazole rings is 1. The summed E-state index contributed by atoms with van der Waals surface area (Å²) < 4.78 is 14.1. The second-order valence-corrected chi connectivity index (χ2v) is 6.76. The maximum atomic E-state index is 12.1. The lowest BCUT2D eigenvalue weighted by atomic mass is 10.3. The quantitative estimate of drug-likeness (QED) is 0.688. The summed E-state index contributed by atoms with van der Waals surface area (Å²) in [6.07, 6.45) is 0. The lowest BCUT2D eigenvalue weighted by Crippen LogP contribution is -2.15. The third kappa shape index (κ3) is 2.22. The van der Waals surface area contributed by atoms with Gasteiger partial charge in [0.1, 0.15) is 13.2 Å². The van der Waals surface area contributed by atoms with Crippen LogP contribution in [-0.4, -0.2) is 23.7 Å². The fourth-order valence-corrected chi connectivity index (χ4v) is 3.95. The zero-order valence-corrected chi connectivity index (χ0v) is 13.4. The number of carbonyl (C=O) groups is 1. The van der Waals surface area contributed by atoms with Gasteiger partial charge < -0.3 is 14.0 Å². The second-order valence-electron chi connectivity index (χ2n) is 4.80. The Bertz CT molecular complexity index is 922. The molecule has 2 aromatic heterocycles. The van der Waals surface area contributed by atoms with E-state index in [0.29, 0.717) is 22.9 Å². The van der Waals surface area contributed by atoms with Crippen molar-refractivity contribution in [1.29, 1.82) is 0 Å². The Morgan fingerprint density at radius 1 is 1.27 bits per heavy atom. The highest BCUT2D eigenvalue weighted by atomic mass is 32.1. The number of aryl methyl sites for hydroxylation is 1. The molecule has 7 heteroatoms. The Labute approximate surface area is 134 Å². The average molecular weight is 332 g/mol. The summed E-state index contributed by atoms with van der Waals surface area (Å²) in [6.45, 7) is 1.12.